The van der Waals surface area contributed by atoms with E-state index < -0.39 is 23.7 Å². The lowest BCUT2D eigenvalue weighted by molar-refractivity contribution is -0.144. The van der Waals surface area contributed by atoms with Gasteiger partial charge in [0.15, 0.2) is 23.1 Å². The fourth-order valence-corrected chi connectivity index (χ4v) is 8.51. The molecule has 0 bridgehead atoms. The normalized spacial score (nSPS) is 27.5. The average molecular weight is 658 g/mol. The Hall–Kier alpha value is -3.82. The van der Waals surface area contributed by atoms with Crippen LogP contribution in [0.25, 0.3) is 0 Å². The molecular weight excluding hydrogens is 624 g/mol. The van der Waals surface area contributed by atoms with E-state index in [4.69, 9.17) is 4.74 Å². The summed E-state index contributed by atoms with van der Waals surface area (Å²) < 4.78 is 5.54. The van der Waals surface area contributed by atoms with Crippen LogP contribution in [-0.4, -0.2) is 64.5 Å². The number of aromatic hydroxyl groups is 1. The summed E-state index contributed by atoms with van der Waals surface area (Å²) in [5.41, 5.74) is 3.15. The summed E-state index contributed by atoms with van der Waals surface area (Å²) in [7, 11) is 1.45. The molecule has 3 aliphatic carbocycles. The fraction of sp³-hybridized carbons (Fsp3) is 0.371. The molecule has 1 N–H and O–H groups in total. The number of ether oxygens (including phenoxy) is 1. The zero-order valence-electron chi connectivity index (χ0n) is 24.4. The van der Waals surface area contributed by atoms with Gasteiger partial charge in [0.05, 0.1) is 23.4 Å². The van der Waals surface area contributed by atoms with E-state index >= 15 is 0 Å². The van der Waals surface area contributed by atoms with Gasteiger partial charge in [-0.2, -0.15) is 0 Å². The van der Waals surface area contributed by atoms with Gasteiger partial charge >= 0.3 is 0 Å². The molecule has 2 aromatic carbocycles. The minimum atomic E-state index is -0.730. The molecule has 7 rings (SSSR count). The Morgan fingerprint density at radius 2 is 1.70 bits per heavy atom. The van der Waals surface area contributed by atoms with Crippen molar-refractivity contribution in [3.8, 4) is 11.5 Å². The number of piperidine rings is 1. The van der Waals surface area contributed by atoms with Gasteiger partial charge in [0.1, 0.15) is 0 Å². The van der Waals surface area contributed by atoms with Crippen LogP contribution >= 0.6 is 15.9 Å². The van der Waals surface area contributed by atoms with E-state index in [-0.39, 0.29) is 51.8 Å². The zero-order valence-corrected chi connectivity index (χ0v) is 26.0. The molecule has 2 amide bonds. The number of rotatable bonds is 5. The van der Waals surface area contributed by atoms with Crippen LogP contribution in [0.5, 0.6) is 11.5 Å². The van der Waals surface area contributed by atoms with Gasteiger partial charge in [-0.1, -0.05) is 54.1 Å². The smallest absolute Gasteiger partial charge is 0.233 e. The van der Waals surface area contributed by atoms with Gasteiger partial charge < -0.3 is 9.84 Å². The number of ketones is 2. The van der Waals surface area contributed by atoms with Gasteiger partial charge in [-0.25, -0.2) is 0 Å². The number of phenols is 1. The molecule has 226 valence electrons. The second-order valence-corrected chi connectivity index (χ2v) is 13.2. The highest BCUT2D eigenvalue weighted by atomic mass is 79.9. The lowest BCUT2D eigenvalue weighted by atomic mass is 9.59. The van der Waals surface area contributed by atoms with Gasteiger partial charge in [-0.3, -0.25) is 29.0 Å². The number of imide groups is 1. The third-order valence-electron chi connectivity index (χ3n) is 10.1. The van der Waals surface area contributed by atoms with Gasteiger partial charge in [-0.15, -0.1) is 0 Å². The Morgan fingerprint density at radius 1 is 0.955 bits per heavy atom. The highest BCUT2D eigenvalue weighted by molar-refractivity contribution is 9.12. The van der Waals surface area contributed by atoms with E-state index in [0.717, 1.165) is 38.0 Å². The molecule has 2 saturated heterocycles. The van der Waals surface area contributed by atoms with Crippen molar-refractivity contribution in [3.05, 3.63) is 93.0 Å². The van der Waals surface area contributed by atoms with Crippen LogP contribution in [0.3, 0.4) is 0 Å². The number of carbonyl (C=O) groups is 4. The minimum absolute atomic E-state index is 0.109. The standard InChI is InChI=1S/C35H33BrN2O6/c1-44-28-9-5-8-22(33(28)41)29-21-10-11-23-30(24(21)16-25-31(29)27(39)17-26(36)32(25)40)35(43)38(34(23)42)20-12-14-37(15-13-20)18-19-6-3-2-4-7-19/h2-10,17,20,23-24,29-30,41H,11-16,18H2,1H3/t23-,24+,29+,30-/m0/s1. The van der Waals surface area contributed by atoms with Gasteiger partial charge in [0.2, 0.25) is 11.8 Å². The van der Waals surface area contributed by atoms with Crippen LogP contribution in [-0.2, 0) is 25.7 Å². The largest absolute Gasteiger partial charge is 0.504 e. The number of allylic oxidation sites excluding steroid dienone is 6. The average Bonchev–Trinajstić information content (AvgIpc) is 3.29. The molecule has 5 aliphatic rings. The lowest BCUT2D eigenvalue weighted by Gasteiger charge is -2.42. The Kier molecular flexibility index (Phi) is 7.41. The van der Waals surface area contributed by atoms with E-state index in [9.17, 15) is 24.3 Å². The SMILES string of the molecule is COc1cccc([C@H]2C3=CC[C@@H]4C(=O)N(C5CCN(Cc6ccccc6)CC5)C(=O)[C@@H]4[C@@H]3CC3=C2C(=O)C=C(Br)C3=O)c1O. The first-order chi connectivity index (χ1) is 21.3. The molecule has 2 aliphatic heterocycles. The number of fused-ring (bicyclic) bond motifs is 3. The third kappa shape index (κ3) is 4.59. The maximum absolute atomic E-state index is 14.3. The first-order valence-corrected chi connectivity index (χ1v) is 16.0. The molecule has 0 saturated carbocycles. The number of benzene rings is 2. The van der Waals surface area contributed by atoms with Gasteiger partial charge in [0, 0.05) is 54.4 Å². The fourth-order valence-electron chi connectivity index (χ4n) is 8.06. The summed E-state index contributed by atoms with van der Waals surface area (Å²) in [6.07, 6.45) is 5.26. The molecule has 0 aromatic heterocycles. The van der Waals surface area contributed by atoms with Crippen molar-refractivity contribution < 1.29 is 29.0 Å². The second kappa shape index (κ2) is 11.3. The summed E-state index contributed by atoms with van der Waals surface area (Å²) in [4.78, 5) is 59.0. The number of nitrogens with zero attached hydrogens (tertiary/aromatic N) is 2. The lowest BCUT2D eigenvalue weighted by Crippen LogP contribution is -2.47. The number of carbonyl (C=O) groups excluding carboxylic acids is 4. The molecule has 44 heavy (non-hydrogen) atoms. The van der Waals surface area contributed by atoms with Crippen LogP contribution in [0.1, 0.15) is 42.7 Å². The van der Waals surface area contributed by atoms with E-state index in [1.807, 2.05) is 24.3 Å². The second-order valence-electron chi connectivity index (χ2n) is 12.3. The molecule has 9 heteroatoms. The van der Waals surface area contributed by atoms with Crippen molar-refractivity contribution >= 4 is 39.3 Å². The van der Waals surface area contributed by atoms with Gasteiger partial charge in [-0.05, 0) is 59.2 Å². The molecule has 4 atom stereocenters. The Bertz CT molecular complexity index is 1670. The summed E-state index contributed by atoms with van der Waals surface area (Å²) in [5.74, 6) is -3.08. The van der Waals surface area contributed by atoms with E-state index in [0.29, 0.717) is 23.1 Å². The van der Waals surface area contributed by atoms with Gasteiger partial charge in [0.25, 0.3) is 0 Å². The van der Waals surface area contributed by atoms with Crippen LogP contribution < -0.4 is 4.74 Å². The van der Waals surface area contributed by atoms with Crippen LogP contribution in [0.4, 0.5) is 0 Å². The quantitative estimate of drug-likeness (QED) is 0.279. The maximum atomic E-state index is 14.3. The Labute approximate surface area is 264 Å². The molecule has 2 aromatic rings. The topological polar surface area (TPSA) is 104 Å². The summed E-state index contributed by atoms with van der Waals surface area (Å²) in [5, 5.41) is 11.2. The Balaban J connectivity index is 1.20. The number of amides is 2. The number of hydrogen-bond acceptors (Lipinski definition) is 7. The summed E-state index contributed by atoms with van der Waals surface area (Å²) >= 11 is 3.26. The highest BCUT2D eigenvalue weighted by Crippen LogP contribution is 2.57. The minimum Gasteiger partial charge on any atom is -0.504 e. The van der Waals surface area contributed by atoms with Crippen molar-refractivity contribution in [1.29, 1.82) is 0 Å². The number of phenolic OH excluding ortho intramolecular Hbond substituents is 1. The Morgan fingerprint density at radius 3 is 2.43 bits per heavy atom. The molecule has 0 radical (unpaired) electrons. The van der Waals surface area contributed by atoms with Crippen molar-refractivity contribution in [2.24, 2.45) is 17.8 Å². The monoisotopic (exact) mass is 656 g/mol. The maximum Gasteiger partial charge on any atom is 0.233 e. The van der Waals surface area contributed by atoms with E-state index in [1.165, 1.54) is 23.6 Å². The molecular formula is C35H33BrN2O6. The van der Waals surface area contributed by atoms with Crippen molar-refractivity contribution in [2.45, 2.75) is 44.2 Å². The van der Waals surface area contributed by atoms with Crippen molar-refractivity contribution in [1.82, 2.24) is 9.80 Å². The highest BCUT2D eigenvalue weighted by Gasteiger charge is 2.57. The summed E-state index contributed by atoms with van der Waals surface area (Å²) in [6, 6.07) is 15.2. The number of Topliss-reactive ketones (excluding diaryl/α,β-unsaturated/α-hetero) is 1. The first kappa shape index (κ1) is 28.9. The van der Waals surface area contributed by atoms with Crippen molar-refractivity contribution in [2.75, 3.05) is 20.2 Å². The van der Waals surface area contributed by atoms with Crippen LogP contribution in [0.15, 0.2) is 81.9 Å². The summed E-state index contributed by atoms with van der Waals surface area (Å²) in [6.45, 7) is 2.43. The molecule has 2 fully saturated rings. The third-order valence-corrected chi connectivity index (χ3v) is 10.7. The molecule has 0 spiro atoms. The van der Waals surface area contributed by atoms with Crippen LogP contribution in [0.2, 0.25) is 0 Å². The number of hydrogen-bond donors (Lipinski definition) is 1. The van der Waals surface area contributed by atoms with Crippen molar-refractivity contribution in [3.63, 3.8) is 0 Å². The molecule has 2 heterocycles. The number of para-hydroxylation sites is 1. The number of methoxy groups -OCH3 is 1. The van der Waals surface area contributed by atoms with E-state index in [1.54, 1.807) is 18.2 Å². The first-order valence-electron chi connectivity index (χ1n) is 15.2. The predicted molar refractivity (Wildman–Crippen MR) is 166 cm³/mol. The number of halogens is 1. The molecule has 8 nitrogen and oxygen atoms in total. The molecule has 0 unspecified atom stereocenters. The van der Waals surface area contributed by atoms with E-state index in [2.05, 4.69) is 33.0 Å². The van der Waals surface area contributed by atoms with Crippen LogP contribution in [0, 0.1) is 17.8 Å². The zero-order chi connectivity index (χ0) is 30.7. The number of likely N-dealkylation sites (tertiary alicyclic amines) is 2. The predicted octanol–water partition coefficient (Wildman–Crippen LogP) is 4.83.